The highest BCUT2D eigenvalue weighted by molar-refractivity contribution is 6.69. The highest BCUT2D eigenvalue weighted by atomic mass is 16.3. The van der Waals surface area contributed by atoms with Crippen LogP contribution < -0.4 is 38.2 Å². The molecule has 3 nitrogen and oxygen atoms in total. The van der Waals surface area contributed by atoms with Gasteiger partial charge >= 0.3 is 0 Å². The van der Waals surface area contributed by atoms with Gasteiger partial charge in [-0.1, -0.05) is 137 Å². The van der Waals surface area contributed by atoms with Crippen LogP contribution in [0.4, 0.5) is 0 Å². The van der Waals surface area contributed by atoms with Crippen LogP contribution in [-0.2, 0) is 0 Å². The van der Waals surface area contributed by atoms with E-state index in [1.165, 1.54) is 0 Å². The highest BCUT2D eigenvalue weighted by Gasteiger charge is 2.26. The summed E-state index contributed by atoms with van der Waals surface area (Å²) < 4.78 is 10.6. The van der Waals surface area contributed by atoms with Crippen LogP contribution in [0.2, 0.25) is 0 Å². The average molecular weight is 796 g/mol. The molecule has 9 aromatic carbocycles. The van der Waals surface area contributed by atoms with E-state index in [0.717, 1.165) is 77.4 Å². The Morgan fingerprint density at radius 3 is 1.56 bits per heavy atom. The number of hydrogen-bond acceptors (Lipinski definition) is 1. The third-order valence-electron chi connectivity index (χ3n) is 12.9. The third kappa shape index (κ3) is 5.51. The van der Waals surface area contributed by atoms with Crippen LogP contribution in [0, 0.1) is 0 Å². The Morgan fingerprint density at radius 1 is 0.328 bits per heavy atom. The molecule has 0 bridgehead atoms. The quantitative estimate of drug-likeness (QED) is 0.187. The fourth-order valence-corrected chi connectivity index (χ4v) is 9.91. The van der Waals surface area contributed by atoms with Crippen LogP contribution in [0.25, 0.3) is 110 Å². The normalized spacial score (nSPS) is 11.9. The lowest BCUT2D eigenvalue weighted by Gasteiger charge is -2.19. The van der Waals surface area contributed by atoms with E-state index in [9.17, 15) is 0 Å². The van der Waals surface area contributed by atoms with Crippen LogP contribution >= 0.6 is 0 Å². The summed E-state index contributed by atoms with van der Waals surface area (Å²) in [7, 11) is 49.1. The SMILES string of the molecule is [B]c1c([B])c([B])c2c(c1[B])c1c([B])c(-c3ccc4c(c3)c3cc(-c5ccccc5)ccc3n4-c3cccc(-c4ccccc4)c3)c([B])c([B])c1n2-c1cccc2oc3ccccc3c12. The lowest BCUT2D eigenvalue weighted by molar-refractivity contribution is 0.669. The first kappa shape index (κ1) is 38.5. The molecule has 0 aliphatic heterocycles. The van der Waals surface area contributed by atoms with Gasteiger partial charge in [0.2, 0.25) is 0 Å². The number of fused-ring (bicyclic) bond motifs is 9. The van der Waals surface area contributed by atoms with Crippen molar-refractivity contribution in [2.45, 2.75) is 0 Å². The molecule has 0 atom stereocenters. The van der Waals surface area contributed by atoms with Gasteiger partial charge in [-0.25, -0.2) is 0 Å². The average Bonchev–Trinajstić information content (AvgIpc) is 4.01. The van der Waals surface area contributed by atoms with Crippen LogP contribution in [-0.4, -0.2) is 64.1 Å². The number of aromatic nitrogens is 2. The largest absolute Gasteiger partial charge is 0.456 e. The molecule has 12 rings (SSSR count). The van der Waals surface area contributed by atoms with Crippen molar-refractivity contribution in [3.63, 3.8) is 0 Å². The van der Waals surface area contributed by atoms with Crippen molar-refractivity contribution >= 4 is 159 Å². The summed E-state index contributed by atoms with van der Waals surface area (Å²) >= 11 is 0. The Kier molecular flexibility index (Phi) is 8.69. The summed E-state index contributed by atoms with van der Waals surface area (Å²) in [4.78, 5) is 0. The van der Waals surface area contributed by atoms with Gasteiger partial charge in [0.05, 0.1) is 22.1 Å². The topological polar surface area (TPSA) is 23.0 Å². The number of rotatable bonds is 5. The molecule has 0 N–H and O–H groups in total. The molecule has 3 heterocycles. The molecule has 0 unspecified atom stereocenters. The number of furan rings is 1. The monoisotopic (exact) mass is 796 g/mol. The molecule has 0 aliphatic carbocycles. The highest BCUT2D eigenvalue weighted by Crippen LogP contribution is 2.40. The van der Waals surface area contributed by atoms with Crippen molar-refractivity contribution in [2.75, 3.05) is 0 Å². The molecule has 0 amide bonds. The lowest BCUT2D eigenvalue weighted by atomic mass is 9.64. The van der Waals surface area contributed by atoms with Crippen LogP contribution in [0.5, 0.6) is 0 Å². The minimum absolute atomic E-state index is 0.159. The molecular formula is C54H27B7N2O. The Hall–Kier alpha value is -7.17. The zero-order valence-electron chi connectivity index (χ0n) is 34.4. The second-order valence-electron chi connectivity index (χ2n) is 16.4. The predicted octanol–water partition coefficient (Wildman–Crippen LogP) is 6.34. The van der Waals surface area contributed by atoms with Gasteiger partial charge in [-0.05, 0) is 93.4 Å². The third-order valence-corrected chi connectivity index (χ3v) is 12.9. The molecular weight excluding hydrogens is 768 g/mol. The van der Waals surface area contributed by atoms with Crippen molar-refractivity contribution < 1.29 is 4.42 Å². The van der Waals surface area contributed by atoms with Gasteiger partial charge in [0, 0.05) is 38.3 Å². The maximum absolute atomic E-state index is 7.45. The van der Waals surface area contributed by atoms with Gasteiger partial charge in [-0.15, -0.1) is 10.9 Å². The molecule has 3 aromatic heterocycles. The molecule has 64 heavy (non-hydrogen) atoms. The van der Waals surface area contributed by atoms with E-state index in [0.29, 0.717) is 49.3 Å². The Bertz CT molecular complexity index is 3930. The smallest absolute Gasteiger partial charge is 0.137 e. The second-order valence-corrected chi connectivity index (χ2v) is 16.4. The fourth-order valence-electron chi connectivity index (χ4n) is 9.91. The standard InChI is InChI=1S/C54H27B7N2O/c55-46-42(47(56)51(60)53-44(46)45-48(57)49(58)50(59)52(61)54(45)63(53)39-18-10-20-41-43(39)34-17-7-8-19-40(34)64-41)32-22-24-38-36(27-32)35-26-31(29-13-5-2-6-14-29)21-23-37(35)62(38)33-16-9-15-30(25-33)28-11-3-1-4-12-28/h1-27H. The summed E-state index contributed by atoms with van der Waals surface area (Å²) in [5.41, 5.74) is 13.8. The molecule has 0 saturated heterocycles. The van der Waals surface area contributed by atoms with Crippen LogP contribution in [0.3, 0.4) is 0 Å². The first-order chi connectivity index (χ1) is 31.2. The Labute approximate surface area is 379 Å². The van der Waals surface area contributed by atoms with Crippen molar-refractivity contribution in [2.24, 2.45) is 0 Å². The Morgan fingerprint density at radius 2 is 0.859 bits per heavy atom. The summed E-state index contributed by atoms with van der Waals surface area (Å²) in [6.07, 6.45) is 0. The Balaban J connectivity index is 1.16. The van der Waals surface area contributed by atoms with Crippen LogP contribution in [0.15, 0.2) is 168 Å². The summed E-state index contributed by atoms with van der Waals surface area (Å²) in [6, 6.07) is 56.1. The number of para-hydroxylation sites is 1. The molecule has 12 aromatic rings. The van der Waals surface area contributed by atoms with E-state index in [4.69, 9.17) is 59.3 Å². The zero-order chi connectivity index (χ0) is 43.5. The van der Waals surface area contributed by atoms with E-state index in [2.05, 4.69) is 108 Å². The number of hydrogen-bond donors (Lipinski definition) is 0. The summed E-state index contributed by atoms with van der Waals surface area (Å²) in [5, 5.41) is 4.91. The molecule has 280 valence electrons. The molecule has 0 spiro atoms. The molecule has 14 radical (unpaired) electrons. The second kappa shape index (κ2) is 14.4. The lowest BCUT2D eigenvalue weighted by Crippen LogP contribution is -2.48. The van der Waals surface area contributed by atoms with E-state index >= 15 is 0 Å². The van der Waals surface area contributed by atoms with Crippen molar-refractivity contribution in [3.05, 3.63) is 164 Å². The maximum Gasteiger partial charge on any atom is 0.137 e. The van der Waals surface area contributed by atoms with Gasteiger partial charge in [0.1, 0.15) is 66.1 Å². The van der Waals surface area contributed by atoms with Gasteiger partial charge in [0.15, 0.2) is 0 Å². The summed E-state index contributed by atoms with van der Waals surface area (Å²) in [5.74, 6) is 0. The van der Waals surface area contributed by atoms with Crippen molar-refractivity contribution in [1.82, 2.24) is 9.13 Å². The van der Waals surface area contributed by atoms with E-state index < -0.39 is 0 Å². The van der Waals surface area contributed by atoms with Crippen molar-refractivity contribution in [1.29, 1.82) is 0 Å². The number of benzene rings is 9. The predicted molar refractivity (Wildman–Crippen MR) is 276 cm³/mol. The molecule has 0 aliphatic rings. The minimum Gasteiger partial charge on any atom is -0.456 e. The van der Waals surface area contributed by atoms with E-state index in [1.807, 2.05) is 65.2 Å². The zero-order valence-corrected chi connectivity index (χ0v) is 34.4. The van der Waals surface area contributed by atoms with E-state index in [-0.39, 0.29) is 21.9 Å². The molecule has 0 saturated carbocycles. The molecule has 0 fully saturated rings. The minimum atomic E-state index is 0.159. The van der Waals surface area contributed by atoms with Gasteiger partial charge in [-0.2, -0.15) is 0 Å². The first-order valence-corrected chi connectivity index (χ1v) is 21.0. The maximum atomic E-state index is 7.45. The van der Waals surface area contributed by atoms with Crippen molar-refractivity contribution in [3.8, 4) is 44.8 Å². The number of nitrogens with zero attached hydrogens (tertiary/aromatic N) is 2. The van der Waals surface area contributed by atoms with Gasteiger partial charge in [-0.3, -0.25) is 0 Å². The van der Waals surface area contributed by atoms with Gasteiger partial charge < -0.3 is 13.6 Å². The van der Waals surface area contributed by atoms with E-state index in [1.54, 1.807) is 0 Å². The fraction of sp³-hybridized carbons (Fsp3) is 0. The van der Waals surface area contributed by atoms with Gasteiger partial charge in [0.25, 0.3) is 0 Å². The summed E-state index contributed by atoms with van der Waals surface area (Å²) in [6.45, 7) is 0. The van der Waals surface area contributed by atoms with Crippen LogP contribution in [0.1, 0.15) is 0 Å². The molecule has 10 heteroatoms. The first-order valence-electron chi connectivity index (χ1n) is 21.0.